The number of ether oxygens (including phenoxy) is 1. The van der Waals surface area contributed by atoms with Gasteiger partial charge in [-0.05, 0) is 18.6 Å². The van der Waals surface area contributed by atoms with Gasteiger partial charge in [0, 0.05) is 30.5 Å². The average Bonchev–Trinajstić information content (AvgIpc) is 3.26. The normalized spacial score (nSPS) is 26.9. The summed E-state index contributed by atoms with van der Waals surface area (Å²) in [6, 6.07) is 3.68. The number of hydrogen-bond donors (Lipinski definition) is 1. The molecule has 0 bridgehead atoms. The van der Waals surface area contributed by atoms with Gasteiger partial charge in [0.25, 0.3) is 0 Å². The number of carboxylic acid groups (broad SMARTS) is 1. The Bertz CT molecular complexity index is 616. The van der Waals surface area contributed by atoms with E-state index in [2.05, 4.69) is 0 Å². The van der Waals surface area contributed by atoms with Crippen molar-refractivity contribution in [2.45, 2.75) is 24.9 Å². The molecule has 0 aromatic heterocycles. The van der Waals surface area contributed by atoms with Crippen molar-refractivity contribution in [1.82, 2.24) is 4.90 Å². The van der Waals surface area contributed by atoms with E-state index in [-0.39, 0.29) is 31.0 Å². The Morgan fingerprint density at radius 2 is 2.00 bits per heavy atom. The van der Waals surface area contributed by atoms with Crippen LogP contribution in [0.1, 0.15) is 24.3 Å². The van der Waals surface area contributed by atoms with Gasteiger partial charge in [-0.3, -0.25) is 9.59 Å². The quantitative estimate of drug-likeness (QED) is 0.916. The van der Waals surface area contributed by atoms with E-state index >= 15 is 0 Å². The predicted octanol–water partition coefficient (Wildman–Crippen LogP) is 1.77. The van der Waals surface area contributed by atoms with Crippen LogP contribution in [-0.4, -0.2) is 47.7 Å². The standard InChI is InChI=1S/C16H17F2NO4/c17-12-2-1-3-13(18)15(12)10-7-11(10)16(22)19-4-5-23-9(8-19)6-14(20)21/h1-3,9-11H,4-8H2,(H,20,21)/t9-,10+,11+/m1/s1. The first kappa shape index (κ1) is 15.9. The van der Waals surface area contributed by atoms with Gasteiger partial charge in [0.05, 0.1) is 19.1 Å². The molecule has 7 heteroatoms. The molecule has 1 aromatic carbocycles. The second-order valence-corrected chi connectivity index (χ2v) is 5.96. The molecular formula is C16H17F2NO4. The molecule has 0 spiro atoms. The first-order valence-electron chi connectivity index (χ1n) is 7.53. The van der Waals surface area contributed by atoms with E-state index in [4.69, 9.17) is 9.84 Å². The molecule has 1 heterocycles. The maximum atomic E-state index is 13.8. The molecule has 1 saturated carbocycles. The van der Waals surface area contributed by atoms with Gasteiger partial charge < -0.3 is 14.7 Å². The number of morpholine rings is 1. The highest BCUT2D eigenvalue weighted by atomic mass is 19.1. The van der Waals surface area contributed by atoms with E-state index in [1.54, 1.807) is 4.90 Å². The van der Waals surface area contributed by atoms with Crippen molar-refractivity contribution in [2.24, 2.45) is 5.92 Å². The number of rotatable bonds is 4. The molecule has 1 aromatic rings. The number of hydrogen-bond acceptors (Lipinski definition) is 3. The first-order chi connectivity index (χ1) is 11.0. The molecule has 3 atom stereocenters. The molecule has 1 amide bonds. The van der Waals surface area contributed by atoms with Crippen LogP contribution in [-0.2, 0) is 14.3 Å². The highest BCUT2D eigenvalue weighted by Gasteiger charge is 2.48. The molecule has 1 saturated heterocycles. The molecule has 2 aliphatic rings. The number of benzene rings is 1. The topological polar surface area (TPSA) is 66.8 Å². The number of amides is 1. The third-order valence-corrected chi connectivity index (χ3v) is 4.33. The fraction of sp³-hybridized carbons (Fsp3) is 0.500. The Morgan fingerprint density at radius 1 is 1.30 bits per heavy atom. The van der Waals surface area contributed by atoms with Crippen LogP contribution in [0.25, 0.3) is 0 Å². The minimum absolute atomic E-state index is 0.0267. The summed E-state index contributed by atoms with van der Waals surface area (Å²) in [5, 5.41) is 8.80. The maximum absolute atomic E-state index is 13.8. The molecular weight excluding hydrogens is 308 g/mol. The summed E-state index contributed by atoms with van der Waals surface area (Å²) in [7, 11) is 0. The van der Waals surface area contributed by atoms with E-state index < -0.39 is 35.5 Å². The molecule has 0 unspecified atom stereocenters. The second kappa shape index (κ2) is 6.23. The van der Waals surface area contributed by atoms with Crippen LogP contribution in [0.15, 0.2) is 18.2 Å². The average molecular weight is 325 g/mol. The summed E-state index contributed by atoms with van der Waals surface area (Å²) in [6.07, 6.45) is -0.287. The molecule has 1 aliphatic heterocycles. The summed E-state index contributed by atoms with van der Waals surface area (Å²) < 4.78 is 32.9. The molecule has 23 heavy (non-hydrogen) atoms. The third-order valence-electron chi connectivity index (χ3n) is 4.33. The van der Waals surface area contributed by atoms with Gasteiger partial charge in [-0.1, -0.05) is 6.07 Å². The largest absolute Gasteiger partial charge is 0.481 e. The number of carboxylic acids is 1. The second-order valence-electron chi connectivity index (χ2n) is 5.96. The highest BCUT2D eigenvalue weighted by molar-refractivity contribution is 5.83. The Hall–Kier alpha value is -2.02. The maximum Gasteiger partial charge on any atom is 0.306 e. The van der Waals surface area contributed by atoms with E-state index in [1.807, 2.05) is 0 Å². The van der Waals surface area contributed by atoms with Crippen LogP contribution in [0.4, 0.5) is 8.78 Å². The van der Waals surface area contributed by atoms with Crippen LogP contribution in [0.5, 0.6) is 0 Å². The van der Waals surface area contributed by atoms with Gasteiger partial charge in [-0.15, -0.1) is 0 Å². The summed E-state index contributed by atoms with van der Waals surface area (Å²) in [5.41, 5.74) is -0.0267. The SMILES string of the molecule is O=C(O)C[C@@H]1CN(C(=O)[C@H]2C[C@@H]2c2c(F)cccc2F)CCO1. The Morgan fingerprint density at radius 3 is 2.65 bits per heavy atom. The minimum Gasteiger partial charge on any atom is -0.481 e. The molecule has 5 nitrogen and oxygen atoms in total. The van der Waals surface area contributed by atoms with Crippen molar-refractivity contribution in [3.05, 3.63) is 35.4 Å². The van der Waals surface area contributed by atoms with Crippen LogP contribution >= 0.6 is 0 Å². The van der Waals surface area contributed by atoms with Gasteiger partial charge in [-0.2, -0.15) is 0 Å². The lowest BCUT2D eigenvalue weighted by Gasteiger charge is -2.32. The lowest BCUT2D eigenvalue weighted by molar-refractivity contribution is -0.148. The molecule has 0 radical (unpaired) electrons. The Balaban J connectivity index is 1.65. The lowest BCUT2D eigenvalue weighted by Crippen LogP contribution is -2.47. The molecule has 1 aliphatic carbocycles. The van der Waals surface area contributed by atoms with Crippen molar-refractivity contribution in [1.29, 1.82) is 0 Å². The molecule has 124 valence electrons. The highest BCUT2D eigenvalue weighted by Crippen LogP contribution is 2.50. The Kier molecular flexibility index (Phi) is 4.30. The molecule has 2 fully saturated rings. The third kappa shape index (κ3) is 3.34. The zero-order chi connectivity index (χ0) is 16.6. The van der Waals surface area contributed by atoms with Gasteiger partial charge in [0.2, 0.25) is 5.91 Å². The predicted molar refractivity (Wildman–Crippen MR) is 75.8 cm³/mol. The lowest BCUT2D eigenvalue weighted by atomic mass is 10.1. The van der Waals surface area contributed by atoms with Crippen molar-refractivity contribution in [3.8, 4) is 0 Å². The van der Waals surface area contributed by atoms with E-state index in [9.17, 15) is 18.4 Å². The monoisotopic (exact) mass is 325 g/mol. The van der Waals surface area contributed by atoms with Crippen LogP contribution in [0.2, 0.25) is 0 Å². The van der Waals surface area contributed by atoms with Gasteiger partial charge >= 0.3 is 5.97 Å². The Labute approximate surface area is 131 Å². The van der Waals surface area contributed by atoms with Crippen LogP contribution < -0.4 is 0 Å². The van der Waals surface area contributed by atoms with Crippen LogP contribution in [0, 0.1) is 17.6 Å². The van der Waals surface area contributed by atoms with Crippen LogP contribution in [0.3, 0.4) is 0 Å². The van der Waals surface area contributed by atoms with Gasteiger partial charge in [0.15, 0.2) is 0 Å². The number of nitrogens with zero attached hydrogens (tertiary/aromatic N) is 1. The first-order valence-corrected chi connectivity index (χ1v) is 7.53. The van der Waals surface area contributed by atoms with Crippen molar-refractivity contribution in [2.75, 3.05) is 19.7 Å². The van der Waals surface area contributed by atoms with Crippen molar-refractivity contribution in [3.63, 3.8) is 0 Å². The zero-order valence-corrected chi connectivity index (χ0v) is 12.4. The molecule has 3 rings (SSSR count). The van der Waals surface area contributed by atoms with E-state index in [1.165, 1.54) is 18.2 Å². The summed E-state index contributed by atoms with van der Waals surface area (Å²) in [6.45, 7) is 0.848. The van der Waals surface area contributed by atoms with Crippen molar-refractivity contribution >= 4 is 11.9 Å². The van der Waals surface area contributed by atoms with Gasteiger partial charge in [-0.25, -0.2) is 8.78 Å². The van der Waals surface area contributed by atoms with E-state index in [0.29, 0.717) is 13.0 Å². The summed E-state index contributed by atoms with van der Waals surface area (Å²) in [4.78, 5) is 24.8. The fourth-order valence-electron chi connectivity index (χ4n) is 3.12. The number of carbonyl (C=O) groups excluding carboxylic acids is 1. The number of carbonyl (C=O) groups is 2. The smallest absolute Gasteiger partial charge is 0.306 e. The van der Waals surface area contributed by atoms with E-state index in [0.717, 1.165) is 0 Å². The molecule has 1 N–H and O–H groups in total. The summed E-state index contributed by atoms with van der Waals surface area (Å²) >= 11 is 0. The minimum atomic E-state index is -0.984. The van der Waals surface area contributed by atoms with Gasteiger partial charge in [0.1, 0.15) is 11.6 Å². The fourth-order valence-corrected chi connectivity index (χ4v) is 3.12. The number of aliphatic carboxylic acids is 1. The zero-order valence-electron chi connectivity index (χ0n) is 12.4. The number of halogens is 2. The summed E-state index contributed by atoms with van der Waals surface area (Å²) in [5.74, 6) is -3.31. The van der Waals surface area contributed by atoms with Crippen molar-refractivity contribution < 1.29 is 28.2 Å².